The van der Waals surface area contributed by atoms with E-state index in [2.05, 4.69) is 5.43 Å². The van der Waals surface area contributed by atoms with Crippen molar-refractivity contribution in [3.8, 4) is 0 Å². The first-order valence-corrected chi connectivity index (χ1v) is 6.10. The molecule has 1 atom stereocenters. The van der Waals surface area contributed by atoms with Gasteiger partial charge in [0.2, 0.25) is 0 Å². The van der Waals surface area contributed by atoms with Gasteiger partial charge in [0.05, 0.1) is 6.04 Å². The number of hydrogen-bond donors (Lipinski definition) is 2. The zero-order chi connectivity index (χ0) is 13.5. The van der Waals surface area contributed by atoms with Crippen molar-refractivity contribution < 1.29 is 13.5 Å². The minimum absolute atomic E-state index is 0.237. The van der Waals surface area contributed by atoms with E-state index in [0.29, 0.717) is 19.6 Å². The molecule has 0 amide bonds. The largest absolute Gasteiger partial charge is 0.381 e. The molecule has 0 saturated carbocycles. The zero-order valence-electron chi connectivity index (χ0n) is 10.8. The minimum Gasteiger partial charge on any atom is -0.381 e. The van der Waals surface area contributed by atoms with Crippen molar-refractivity contribution >= 4 is 0 Å². The Morgan fingerprint density at radius 1 is 1.28 bits per heavy atom. The Kier molecular flexibility index (Phi) is 6.18. The third-order valence-corrected chi connectivity index (χ3v) is 2.78. The molecule has 1 aromatic rings. The number of benzene rings is 1. The number of halogens is 2. The van der Waals surface area contributed by atoms with Gasteiger partial charge in [-0.1, -0.05) is 19.1 Å². The summed E-state index contributed by atoms with van der Waals surface area (Å²) < 4.78 is 32.5. The van der Waals surface area contributed by atoms with Gasteiger partial charge in [-0.25, -0.2) is 8.78 Å². The third-order valence-electron chi connectivity index (χ3n) is 2.78. The van der Waals surface area contributed by atoms with Gasteiger partial charge >= 0.3 is 0 Å². The molecule has 3 N–H and O–H groups in total. The van der Waals surface area contributed by atoms with Crippen molar-refractivity contribution in [1.82, 2.24) is 5.43 Å². The van der Waals surface area contributed by atoms with Gasteiger partial charge in [0.1, 0.15) is 0 Å². The summed E-state index contributed by atoms with van der Waals surface area (Å²) in [6, 6.07) is 2.65. The van der Waals surface area contributed by atoms with E-state index in [1.807, 2.05) is 6.92 Å². The quantitative estimate of drug-likeness (QED) is 0.449. The summed E-state index contributed by atoms with van der Waals surface area (Å²) >= 11 is 0. The average molecular weight is 258 g/mol. The highest BCUT2D eigenvalue weighted by molar-refractivity contribution is 5.27. The van der Waals surface area contributed by atoms with Crippen LogP contribution in [0.15, 0.2) is 12.1 Å². The molecule has 0 aliphatic rings. The van der Waals surface area contributed by atoms with Crippen LogP contribution in [0.5, 0.6) is 0 Å². The predicted octanol–water partition coefficient (Wildman–Crippen LogP) is 2.59. The molecule has 0 aliphatic carbocycles. The Hall–Kier alpha value is -1.04. The fourth-order valence-electron chi connectivity index (χ4n) is 1.71. The standard InChI is InChI=1S/C13H20F2N2O/c1-3-7-18-8-6-11(17-16)10-5-4-9(2)12(14)13(10)15/h4-5,11,17H,3,6-8,16H2,1-2H3. The molecule has 1 unspecified atom stereocenters. The van der Waals surface area contributed by atoms with Gasteiger partial charge in [-0.15, -0.1) is 0 Å². The molecule has 0 aromatic heterocycles. The number of hydrogen-bond acceptors (Lipinski definition) is 3. The molecule has 0 spiro atoms. The van der Waals surface area contributed by atoms with Gasteiger partial charge in [0.25, 0.3) is 0 Å². The van der Waals surface area contributed by atoms with E-state index in [1.54, 1.807) is 12.1 Å². The van der Waals surface area contributed by atoms with Gasteiger partial charge in [0, 0.05) is 18.8 Å². The maximum atomic E-state index is 13.8. The van der Waals surface area contributed by atoms with Crippen molar-refractivity contribution in [1.29, 1.82) is 0 Å². The third kappa shape index (κ3) is 3.73. The van der Waals surface area contributed by atoms with Crippen molar-refractivity contribution in [2.45, 2.75) is 32.7 Å². The van der Waals surface area contributed by atoms with Crippen LogP contribution in [-0.4, -0.2) is 13.2 Å². The van der Waals surface area contributed by atoms with Crippen LogP contribution in [-0.2, 0) is 4.74 Å². The van der Waals surface area contributed by atoms with Crippen LogP contribution in [0.4, 0.5) is 8.78 Å². The lowest BCUT2D eigenvalue weighted by Crippen LogP contribution is -2.30. The molecule has 0 bridgehead atoms. The van der Waals surface area contributed by atoms with Crippen molar-refractivity contribution in [2.75, 3.05) is 13.2 Å². The lowest BCUT2D eigenvalue weighted by atomic mass is 10.0. The molecule has 0 radical (unpaired) electrons. The average Bonchev–Trinajstić information content (AvgIpc) is 2.38. The van der Waals surface area contributed by atoms with Crippen molar-refractivity contribution in [2.24, 2.45) is 5.84 Å². The monoisotopic (exact) mass is 258 g/mol. The number of nitrogens with two attached hydrogens (primary N) is 1. The summed E-state index contributed by atoms with van der Waals surface area (Å²) in [6.07, 6.45) is 1.42. The molecule has 3 nitrogen and oxygen atoms in total. The first-order valence-electron chi connectivity index (χ1n) is 6.10. The Morgan fingerprint density at radius 3 is 2.61 bits per heavy atom. The number of hydrazine groups is 1. The second-order valence-electron chi connectivity index (χ2n) is 4.22. The van der Waals surface area contributed by atoms with Crippen LogP contribution in [0.3, 0.4) is 0 Å². The summed E-state index contributed by atoms with van der Waals surface area (Å²) in [4.78, 5) is 0. The highest BCUT2D eigenvalue weighted by Gasteiger charge is 2.18. The van der Waals surface area contributed by atoms with Crippen LogP contribution in [0.25, 0.3) is 0 Å². The molecule has 0 aliphatic heterocycles. The maximum absolute atomic E-state index is 13.8. The van der Waals surface area contributed by atoms with Crippen molar-refractivity contribution in [3.05, 3.63) is 34.9 Å². The van der Waals surface area contributed by atoms with Gasteiger partial charge in [0.15, 0.2) is 11.6 Å². The molecule has 102 valence electrons. The summed E-state index contributed by atoms with van der Waals surface area (Å²) in [5.41, 5.74) is 3.02. The Balaban J connectivity index is 2.73. The van der Waals surface area contributed by atoms with E-state index in [4.69, 9.17) is 10.6 Å². The fraction of sp³-hybridized carbons (Fsp3) is 0.538. The zero-order valence-corrected chi connectivity index (χ0v) is 10.8. The number of nitrogens with one attached hydrogen (secondary N) is 1. The molecule has 5 heteroatoms. The lowest BCUT2D eigenvalue weighted by molar-refractivity contribution is 0.124. The molecule has 0 heterocycles. The first-order chi connectivity index (χ1) is 8.61. The van der Waals surface area contributed by atoms with E-state index >= 15 is 0 Å². The lowest BCUT2D eigenvalue weighted by Gasteiger charge is -2.17. The van der Waals surface area contributed by atoms with E-state index in [0.717, 1.165) is 6.42 Å². The molecular weight excluding hydrogens is 238 g/mol. The van der Waals surface area contributed by atoms with Gasteiger partial charge in [-0.2, -0.15) is 0 Å². The van der Waals surface area contributed by atoms with Gasteiger partial charge < -0.3 is 4.74 Å². The molecule has 1 aromatic carbocycles. The molecule has 1 rings (SSSR count). The van der Waals surface area contributed by atoms with Crippen molar-refractivity contribution in [3.63, 3.8) is 0 Å². The normalized spacial score (nSPS) is 12.7. The van der Waals surface area contributed by atoms with Crippen LogP contribution in [0.1, 0.15) is 36.9 Å². The van der Waals surface area contributed by atoms with Crippen LogP contribution >= 0.6 is 0 Å². The SMILES string of the molecule is CCCOCCC(NN)c1ccc(C)c(F)c1F. The van der Waals surface area contributed by atoms with Crippen LogP contribution in [0, 0.1) is 18.6 Å². The molecule has 0 fully saturated rings. The summed E-state index contributed by atoms with van der Waals surface area (Å²) in [7, 11) is 0. The highest BCUT2D eigenvalue weighted by Crippen LogP contribution is 2.23. The molecule has 0 saturated heterocycles. The second-order valence-corrected chi connectivity index (χ2v) is 4.22. The smallest absolute Gasteiger partial charge is 0.163 e. The highest BCUT2D eigenvalue weighted by atomic mass is 19.2. The van der Waals surface area contributed by atoms with E-state index in [-0.39, 0.29) is 11.1 Å². The van der Waals surface area contributed by atoms with E-state index in [1.165, 1.54) is 6.92 Å². The van der Waals surface area contributed by atoms with E-state index in [9.17, 15) is 8.78 Å². The minimum atomic E-state index is -0.839. The molecular formula is C13H20F2N2O. The Labute approximate surface area is 106 Å². The number of ether oxygens (including phenoxy) is 1. The Bertz CT molecular complexity index is 385. The number of rotatable bonds is 7. The second kappa shape index (κ2) is 7.41. The maximum Gasteiger partial charge on any atom is 0.163 e. The topological polar surface area (TPSA) is 47.3 Å². The van der Waals surface area contributed by atoms with Crippen LogP contribution < -0.4 is 11.3 Å². The predicted molar refractivity (Wildman–Crippen MR) is 66.9 cm³/mol. The van der Waals surface area contributed by atoms with E-state index < -0.39 is 17.7 Å². The summed E-state index contributed by atoms with van der Waals surface area (Å²) in [5.74, 6) is 3.73. The number of aryl methyl sites for hydroxylation is 1. The van der Waals surface area contributed by atoms with Gasteiger partial charge in [-0.3, -0.25) is 11.3 Å². The Morgan fingerprint density at radius 2 is 2.00 bits per heavy atom. The summed E-state index contributed by atoms with van der Waals surface area (Å²) in [5, 5.41) is 0. The first kappa shape index (κ1) is 15.0. The molecule has 18 heavy (non-hydrogen) atoms. The van der Waals surface area contributed by atoms with Gasteiger partial charge in [-0.05, 0) is 25.3 Å². The van der Waals surface area contributed by atoms with Crippen LogP contribution in [0.2, 0.25) is 0 Å². The fourth-order valence-corrected chi connectivity index (χ4v) is 1.71. The summed E-state index contributed by atoms with van der Waals surface area (Å²) in [6.45, 7) is 4.64.